The van der Waals surface area contributed by atoms with E-state index in [1.165, 1.54) is 57.5 Å². The second-order valence-electron chi connectivity index (χ2n) is 4.60. The highest BCUT2D eigenvalue weighted by molar-refractivity contribution is 8.00. The molecular formula is C11H22N2S. The summed E-state index contributed by atoms with van der Waals surface area (Å²) < 4.78 is 0. The average molecular weight is 214 g/mol. The lowest BCUT2D eigenvalue weighted by Crippen LogP contribution is -2.40. The molecule has 2 N–H and O–H groups in total. The Morgan fingerprint density at radius 2 is 1.86 bits per heavy atom. The highest BCUT2D eigenvalue weighted by atomic mass is 32.2. The number of nitrogens with two attached hydrogens (primary N) is 1. The fourth-order valence-corrected chi connectivity index (χ4v) is 3.05. The Morgan fingerprint density at radius 3 is 2.50 bits per heavy atom. The smallest absolute Gasteiger partial charge is 0.00631 e. The van der Waals surface area contributed by atoms with E-state index in [4.69, 9.17) is 5.73 Å². The van der Waals surface area contributed by atoms with E-state index in [1.54, 1.807) is 0 Å². The summed E-state index contributed by atoms with van der Waals surface area (Å²) in [6.45, 7) is 3.76. The lowest BCUT2D eigenvalue weighted by atomic mass is 10.1. The standard InChI is InChI=1S/C11H22N2S/c12-10-4-7-13(8-5-10)6-1-9-14-11-2-3-11/h10-11H,1-9,12H2. The van der Waals surface area contributed by atoms with Crippen molar-refractivity contribution in [3.8, 4) is 0 Å². The summed E-state index contributed by atoms with van der Waals surface area (Å²) in [4.78, 5) is 2.58. The highest BCUT2D eigenvalue weighted by Crippen LogP contribution is 2.34. The minimum atomic E-state index is 0.479. The summed E-state index contributed by atoms with van der Waals surface area (Å²) >= 11 is 2.18. The third-order valence-corrected chi connectivity index (χ3v) is 4.60. The van der Waals surface area contributed by atoms with Gasteiger partial charge in [0.25, 0.3) is 0 Å². The van der Waals surface area contributed by atoms with Crippen LogP contribution in [0.1, 0.15) is 32.1 Å². The molecule has 0 aromatic rings. The molecule has 3 heteroatoms. The second kappa shape index (κ2) is 5.38. The van der Waals surface area contributed by atoms with E-state index in [-0.39, 0.29) is 0 Å². The molecule has 2 nitrogen and oxygen atoms in total. The van der Waals surface area contributed by atoms with Crippen molar-refractivity contribution in [1.82, 2.24) is 4.90 Å². The SMILES string of the molecule is NC1CCN(CCCSC2CC2)CC1. The molecule has 0 bridgehead atoms. The van der Waals surface area contributed by atoms with Crippen molar-refractivity contribution in [1.29, 1.82) is 0 Å². The van der Waals surface area contributed by atoms with Gasteiger partial charge in [0.1, 0.15) is 0 Å². The Bertz CT molecular complexity index is 163. The predicted molar refractivity (Wildman–Crippen MR) is 63.7 cm³/mol. The molecule has 14 heavy (non-hydrogen) atoms. The molecule has 0 radical (unpaired) electrons. The van der Waals surface area contributed by atoms with E-state index in [2.05, 4.69) is 16.7 Å². The number of nitrogens with zero attached hydrogens (tertiary/aromatic N) is 1. The number of likely N-dealkylation sites (tertiary alicyclic amines) is 1. The molecule has 0 atom stereocenters. The van der Waals surface area contributed by atoms with E-state index < -0.39 is 0 Å². The van der Waals surface area contributed by atoms with Gasteiger partial charge in [0, 0.05) is 11.3 Å². The molecule has 2 fully saturated rings. The third kappa shape index (κ3) is 3.79. The Hall–Kier alpha value is 0.270. The van der Waals surface area contributed by atoms with Crippen molar-refractivity contribution in [3.63, 3.8) is 0 Å². The van der Waals surface area contributed by atoms with Crippen LogP contribution in [0.4, 0.5) is 0 Å². The lowest BCUT2D eigenvalue weighted by molar-refractivity contribution is 0.214. The molecule has 2 rings (SSSR count). The molecule has 0 aromatic heterocycles. The van der Waals surface area contributed by atoms with Crippen LogP contribution in [0.2, 0.25) is 0 Å². The maximum Gasteiger partial charge on any atom is 0.00631 e. The first-order chi connectivity index (χ1) is 6.84. The van der Waals surface area contributed by atoms with Crippen LogP contribution in [0.5, 0.6) is 0 Å². The molecule has 1 heterocycles. The van der Waals surface area contributed by atoms with Gasteiger partial charge in [-0.15, -0.1) is 0 Å². The first-order valence-electron chi connectivity index (χ1n) is 5.94. The fourth-order valence-electron chi connectivity index (χ4n) is 1.95. The topological polar surface area (TPSA) is 29.3 Å². The van der Waals surface area contributed by atoms with Crippen LogP contribution in [0, 0.1) is 0 Å². The number of rotatable bonds is 5. The van der Waals surface area contributed by atoms with Crippen molar-refractivity contribution in [2.24, 2.45) is 5.73 Å². The zero-order chi connectivity index (χ0) is 9.80. The first-order valence-corrected chi connectivity index (χ1v) is 6.99. The minimum Gasteiger partial charge on any atom is -0.328 e. The van der Waals surface area contributed by atoms with Crippen molar-refractivity contribution >= 4 is 11.8 Å². The van der Waals surface area contributed by atoms with Gasteiger partial charge >= 0.3 is 0 Å². The van der Waals surface area contributed by atoms with E-state index >= 15 is 0 Å². The quantitative estimate of drug-likeness (QED) is 0.706. The molecule has 0 spiro atoms. The van der Waals surface area contributed by atoms with Crippen molar-refractivity contribution in [3.05, 3.63) is 0 Å². The van der Waals surface area contributed by atoms with E-state index in [0.29, 0.717) is 6.04 Å². The summed E-state index contributed by atoms with van der Waals surface area (Å²) in [5.74, 6) is 1.37. The van der Waals surface area contributed by atoms with Gasteiger partial charge in [-0.3, -0.25) is 0 Å². The highest BCUT2D eigenvalue weighted by Gasteiger charge is 2.21. The molecular weight excluding hydrogens is 192 g/mol. The summed E-state index contributed by atoms with van der Waals surface area (Å²) in [5.41, 5.74) is 5.87. The summed E-state index contributed by atoms with van der Waals surface area (Å²) in [5, 5.41) is 1.03. The van der Waals surface area contributed by atoms with Crippen LogP contribution in [0.15, 0.2) is 0 Å². The molecule has 0 aromatic carbocycles. The summed E-state index contributed by atoms with van der Waals surface area (Å²) in [6.07, 6.45) is 6.73. The normalized spacial score (nSPS) is 25.5. The van der Waals surface area contributed by atoms with E-state index in [9.17, 15) is 0 Å². The van der Waals surface area contributed by atoms with Crippen molar-refractivity contribution < 1.29 is 0 Å². The summed E-state index contributed by atoms with van der Waals surface area (Å²) in [7, 11) is 0. The monoisotopic (exact) mass is 214 g/mol. The van der Waals surface area contributed by atoms with Gasteiger partial charge in [0.15, 0.2) is 0 Å². The third-order valence-electron chi connectivity index (χ3n) is 3.13. The molecule has 1 saturated heterocycles. The van der Waals surface area contributed by atoms with Crippen LogP contribution < -0.4 is 5.73 Å². The zero-order valence-corrected chi connectivity index (χ0v) is 9.77. The summed E-state index contributed by atoms with van der Waals surface area (Å²) in [6, 6.07) is 0.479. The van der Waals surface area contributed by atoms with Crippen LogP contribution in [0.25, 0.3) is 0 Å². The van der Waals surface area contributed by atoms with Gasteiger partial charge in [-0.05, 0) is 57.5 Å². The molecule has 82 valence electrons. The number of thioether (sulfide) groups is 1. The average Bonchev–Trinajstić information content (AvgIpc) is 2.99. The van der Waals surface area contributed by atoms with Gasteiger partial charge in [-0.25, -0.2) is 0 Å². The largest absolute Gasteiger partial charge is 0.328 e. The van der Waals surface area contributed by atoms with Crippen molar-refractivity contribution in [2.45, 2.75) is 43.4 Å². The number of piperidine rings is 1. The molecule has 0 unspecified atom stereocenters. The van der Waals surface area contributed by atoms with E-state index in [0.717, 1.165) is 5.25 Å². The van der Waals surface area contributed by atoms with Crippen LogP contribution in [0.3, 0.4) is 0 Å². The fraction of sp³-hybridized carbons (Fsp3) is 1.00. The maximum atomic E-state index is 5.87. The molecule has 1 aliphatic carbocycles. The number of hydrogen-bond acceptors (Lipinski definition) is 3. The predicted octanol–water partition coefficient (Wildman–Crippen LogP) is 1.70. The van der Waals surface area contributed by atoms with Gasteiger partial charge in [-0.1, -0.05) is 0 Å². The van der Waals surface area contributed by atoms with Crippen LogP contribution in [-0.2, 0) is 0 Å². The maximum absolute atomic E-state index is 5.87. The van der Waals surface area contributed by atoms with Crippen LogP contribution in [-0.4, -0.2) is 41.6 Å². The Labute approximate surface area is 91.6 Å². The van der Waals surface area contributed by atoms with E-state index in [1.807, 2.05) is 0 Å². The molecule has 1 aliphatic heterocycles. The second-order valence-corrected chi connectivity index (χ2v) is 6.01. The van der Waals surface area contributed by atoms with Gasteiger partial charge in [-0.2, -0.15) is 11.8 Å². The Morgan fingerprint density at radius 1 is 1.14 bits per heavy atom. The van der Waals surface area contributed by atoms with Crippen molar-refractivity contribution in [2.75, 3.05) is 25.4 Å². The minimum absolute atomic E-state index is 0.479. The Balaban J connectivity index is 1.47. The Kier molecular flexibility index (Phi) is 4.14. The molecule has 1 saturated carbocycles. The van der Waals surface area contributed by atoms with Gasteiger partial charge in [0.05, 0.1) is 0 Å². The first kappa shape index (κ1) is 10.8. The molecule has 0 amide bonds. The van der Waals surface area contributed by atoms with Gasteiger partial charge in [0.2, 0.25) is 0 Å². The van der Waals surface area contributed by atoms with Crippen LogP contribution >= 0.6 is 11.8 Å². The zero-order valence-electron chi connectivity index (χ0n) is 8.95. The molecule has 2 aliphatic rings. The number of hydrogen-bond donors (Lipinski definition) is 1. The van der Waals surface area contributed by atoms with Gasteiger partial charge < -0.3 is 10.6 Å². The lowest BCUT2D eigenvalue weighted by Gasteiger charge is -2.29.